The van der Waals surface area contributed by atoms with E-state index in [1.165, 1.54) is 6.20 Å². The number of nitrogens with zero attached hydrogens (tertiary/aromatic N) is 1. The Morgan fingerprint density at radius 1 is 1.59 bits per heavy atom. The van der Waals surface area contributed by atoms with Crippen molar-refractivity contribution in [2.45, 2.75) is 26.3 Å². The number of carbonyl (C=O) groups is 1. The maximum absolute atomic E-state index is 11.9. The number of carbonyl (C=O) groups excluding carboxylic acids is 1. The summed E-state index contributed by atoms with van der Waals surface area (Å²) in [5.74, 6) is 0.0522. The zero-order valence-corrected chi connectivity index (χ0v) is 10.2. The number of amides is 1. The standard InChI is InChI=1S/C12H19N3O2/c1-8(2)6-9(7-16)15-12(17)11-10(13)4-3-5-14-11/h3-5,8-9,16H,6-7,13H2,1-2H3,(H,15,17). The average molecular weight is 237 g/mol. The van der Waals surface area contributed by atoms with Gasteiger partial charge in [-0.1, -0.05) is 13.8 Å². The summed E-state index contributed by atoms with van der Waals surface area (Å²) in [6.07, 6.45) is 2.23. The molecule has 17 heavy (non-hydrogen) atoms. The van der Waals surface area contributed by atoms with Gasteiger partial charge in [0.05, 0.1) is 18.3 Å². The van der Waals surface area contributed by atoms with E-state index in [0.717, 1.165) is 6.42 Å². The van der Waals surface area contributed by atoms with Crippen molar-refractivity contribution in [3.63, 3.8) is 0 Å². The molecule has 5 heteroatoms. The second kappa shape index (κ2) is 6.20. The van der Waals surface area contributed by atoms with E-state index in [-0.39, 0.29) is 24.2 Å². The first-order valence-corrected chi connectivity index (χ1v) is 5.66. The van der Waals surface area contributed by atoms with Crippen LogP contribution in [0.15, 0.2) is 18.3 Å². The summed E-state index contributed by atoms with van der Waals surface area (Å²) < 4.78 is 0. The van der Waals surface area contributed by atoms with Crippen molar-refractivity contribution >= 4 is 11.6 Å². The minimum absolute atomic E-state index is 0.0866. The van der Waals surface area contributed by atoms with Crippen LogP contribution in [-0.4, -0.2) is 28.6 Å². The summed E-state index contributed by atoms with van der Waals surface area (Å²) in [7, 11) is 0. The summed E-state index contributed by atoms with van der Waals surface area (Å²) in [4.78, 5) is 15.8. The van der Waals surface area contributed by atoms with E-state index in [2.05, 4.69) is 10.3 Å². The molecular weight excluding hydrogens is 218 g/mol. The number of anilines is 1. The molecule has 0 saturated carbocycles. The minimum atomic E-state index is -0.345. The van der Waals surface area contributed by atoms with E-state index in [1.807, 2.05) is 13.8 Å². The third-order valence-electron chi connectivity index (χ3n) is 2.37. The molecule has 0 spiro atoms. The molecule has 1 atom stereocenters. The van der Waals surface area contributed by atoms with Gasteiger partial charge in [0.15, 0.2) is 5.69 Å². The van der Waals surface area contributed by atoms with Crippen LogP contribution in [0.4, 0.5) is 5.69 Å². The highest BCUT2D eigenvalue weighted by Gasteiger charge is 2.16. The highest BCUT2D eigenvalue weighted by molar-refractivity contribution is 5.97. The molecule has 0 aliphatic heterocycles. The van der Waals surface area contributed by atoms with Crippen LogP contribution in [0.5, 0.6) is 0 Å². The van der Waals surface area contributed by atoms with Crippen molar-refractivity contribution in [3.8, 4) is 0 Å². The molecule has 0 aliphatic carbocycles. The van der Waals surface area contributed by atoms with Crippen molar-refractivity contribution in [2.75, 3.05) is 12.3 Å². The number of nitrogens with two attached hydrogens (primary N) is 1. The third kappa shape index (κ3) is 4.03. The van der Waals surface area contributed by atoms with E-state index in [0.29, 0.717) is 11.6 Å². The van der Waals surface area contributed by atoms with Crippen LogP contribution in [0.25, 0.3) is 0 Å². The first-order valence-electron chi connectivity index (χ1n) is 5.66. The molecule has 94 valence electrons. The molecule has 5 nitrogen and oxygen atoms in total. The van der Waals surface area contributed by atoms with Crippen LogP contribution < -0.4 is 11.1 Å². The van der Waals surface area contributed by atoms with Crippen molar-refractivity contribution in [1.29, 1.82) is 0 Å². The lowest BCUT2D eigenvalue weighted by atomic mass is 10.0. The van der Waals surface area contributed by atoms with Crippen LogP contribution in [0.2, 0.25) is 0 Å². The summed E-state index contributed by atoms with van der Waals surface area (Å²) in [6.45, 7) is 3.98. The first kappa shape index (κ1) is 13.4. The Morgan fingerprint density at radius 3 is 2.82 bits per heavy atom. The number of rotatable bonds is 5. The molecule has 1 aromatic heterocycles. The second-order valence-corrected chi connectivity index (χ2v) is 4.42. The number of nitrogens with one attached hydrogen (secondary N) is 1. The van der Waals surface area contributed by atoms with Gasteiger partial charge in [0.2, 0.25) is 0 Å². The van der Waals surface area contributed by atoms with E-state index in [1.54, 1.807) is 12.1 Å². The lowest BCUT2D eigenvalue weighted by molar-refractivity contribution is 0.0904. The minimum Gasteiger partial charge on any atom is -0.397 e. The number of hydrogen-bond acceptors (Lipinski definition) is 4. The Hall–Kier alpha value is -1.62. The van der Waals surface area contributed by atoms with E-state index < -0.39 is 0 Å². The normalized spacial score (nSPS) is 12.5. The second-order valence-electron chi connectivity index (χ2n) is 4.42. The lowest BCUT2D eigenvalue weighted by Gasteiger charge is -2.18. The average Bonchev–Trinajstić information content (AvgIpc) is 2.27. The molecule has 0 fully saturated rings. The third-order valence-corrected chi connectivity index (χ3v) is 2.37. The Balaban J connectivity index is 2.68. The maximum atomic E-state index is 11.9. The van der Waals surface area contributed by atoms with Gasteiger partial charge in [-0.15, -0.1) is 0 Å². The van der Waals surface area contributed by atoms with Crippen molar-refractivity contribution < 1.29 is 9.90 Å². The fraction of sp³-hybridized carbons (Fsp3) is 0.500. The fourth-order valence-electron chi connectivity index (χ4n) is 1.61. The van der Waals surface area contributed by atoms with Gasteiger partial charge in [-0.25, -0.2) is 4.98 Å². The van der Waals surface area contributed by atoms with Crippen molar-refractivity contribution in [1.82, 2.24) is 10.3 Å². The number of pyridine rings is 1. The Bertz CT molecular complexity index is 380. The van der Waals surface area contributed by atoms with Gasteiger partial charge in [0.25, 0.3) is 5.91 Å². The quantitative estimate of drug-likeness (QED) is 0.706. The van der Waals surface area contributed by atoms with Crippen molar-refractivity contribution in [3.05, 3.63) is 24.0 Å². The number of aliphatic hydroxyl groups excluding tert-OH is 1. The summed E-state index contributed by atoms with van der Waals surface area (Å²) in [5, 5.41) is 11.9. The number of hydrogen-bond donors (Lipinski definition) is 3. The molecular formula is C12H19N3O2. The number of aromatic nitrogens is 1. The molecule has 1 amide bonds. The monoisotopic (exact) mass is 237 g/mol. The molecule has 1 aromatic rings. The van der Waals surface area contributed by atoms with Crippen LogP contribution in [-0.2, 0) is 0 Å². The van der Waals surface area contributed by atoms with Gasteiger partial charge >= 0.3 is 0 Å². The number of nitrogen functional groups attached to an aromatic ring is 1. The zero-order valence-electron chi connectivity index (χ0n) is 10.2. The zero-order chi connectivity index (χ0) is 12.8. The van der Waals surface area contributed by atoms with E-state index >= 15 is 0 Å². The maximum Gasteiger partial charge on any atom is 0.272 e. The van der Waals surface area contributed by atoms with Gasteiger partial charge in [-0.3, -0.25) is 4.79 Å². The first-order chi connectivity index (χ1) is 8.04. The predicted molar refractivity (Wildman–Crippen MR) is 66.4 cm³/mol. The highest BCUT2D eigenvalue weighted by Crippen LogP contribution is 2.09. The SMILES string of the molecule is CC(C)CC(CO)NC(=O)c1ncccc1N. The molecule has 0 radical (unpaired) electrons. The Labute approximate surface area is 101 Å². The van der Waals surface area contributed by atoms with Crippen LogP contribution in [0.1, 0.15) is 30.8 Å². The van der Waals surface area contributed by atoms with Gasteiger partial charge in [-0.05, 0) is 24.5 Å². The molecule has 0 aromatic carbocycles. The molecule has 0 bridgehead atoms. The van der Waals surface area contributed by atoms with E-state index in [9.17, 15) is 9.90 Å². The molecule has 1 heterocycles. The molecule has 1 unspecified atom stereocenters. The molecule has 0 aliphatic rings. The topological polar surface area (TPSA) is 88.2 Å². The van der Waals surface area contributed by atoms with Crippen LogP contribution in [0, 0.1) is 5.92 Å². The Morgan fingerprint density at radius 2 is 2.29 bits per heavy atom. The van der Waals surface area contributed by atoms with Gasteiger partial charge in [-0.2, -0.15) is 0 Å². The summed E-state index contributed by atoms with van der Waals surface area (Å²) >= 11 is 0. The van der Waals surface area contributed by atoms with Crippen LogP contribution in [0.3, 0.4) is 0 Å². The van der Waals surface area contributed by atoms with Crippen LogP contribution >= 0.6 is 0 Å². The molecule has 4 N–H and O–H groups in total. The van der Waals surface area contributed by atoms with E-state index in [4.69, 9.17) is 5.73 Å². The van der Waals surface area contributed by atoms with Gasteiger partial charge in [0, 0.05) is 6.20 Å². The lowest BCUT2D eigenvalue weighted by Crippen LogP contribution is -2.39. The highest BCUT2D eigenvalue weighted by atomic mass is 16.3. The molecule has 1 rings (SSSR count). The summed E-state index contributed by atoms with van der Waals surface area (Å²) in [5.41, 5.74) is 6.20. The van der Waals surface area contributed by atoms with Gasteiger partial charge in [0.1, 0.15) is 0 Å². The van der Waals surface area contributed by atoms with Crippen molar-refractivity contribution in [2.24, 2.45) is 5.92 Å². The fourth-order valence-corrected chi connectivity index (χ4v) is 1.61. The Kier molecular flexibility index (Phi) is 4.90. The summed E-state index contributed by atoms with van der Waals surface area (Å²) in [6, 6.07) is 3.03. The largest absolute Gasteiger partial charge is 0.397 e. The smallest absolute Gasteiger partial charge is 0.272 e. The van der Waals surface area contributed by atoms with Gasteiger partial charge < -0.3 is 16.2 Å². The molecule has 0 saturated heterocycles. The predicted octanol–water partition coefficient (Wildman–Crippen LogP) is 0.801. The number of aliphatic hydroxyl groups is 1.